The van der Waals surface area contributed by atoms with Crippen molar-refractivity contribution < 1.29 is 37.1 Å². The van der Waals surface area contributed by atoms with Gasteiger partial charge >= 0.3 is 6.03 Å². The minimum atomic E-state index is -3.12. The second-order valence-corrected chi connectivity index (χ2v) is 20.3. The fourth-order valence-corrected chi connectivity index (χ4v) is 12.7. The van der Waals surface area contributed by atoms with Gasteiger partial charge in [0.25, 0.3) is 11.8 Å². The molecule has 2 N–H and O–H groups in total. The molecular formula is C48H52F3N11O5S. The van der Waals surface area contributed by atoms with Crippen LogP contribution < -0.4 is 15.5 Å². The lowest BCUT2D eigenvalue weighted by Gasteiger charge is -2.39. The summed E-state index contributed by atoms with van der Waals surface area (Å²) in [7, 11) is 1.68. The van der Waals surface area contributed by atoms with Crippen LogP contribution in [0.5, 0.6) is 0 Å². The number of thiazole rings is 1. The van der Waals surface area contributed by atoms with Crippen molar-refractivity contribution in [3.63, 3.8) is 0 Å². The maximum atomic E-state index is 16.1. The number of anilines is 2. The highest BCUT2D eigenvalue weighted by Gasteiger charge is 2.50. The number of amides is 6. The summed E-state index contributed by atoms with van der Waals surface area (Å²) in [5.41, 5.74) is 2.72. The number of fused-ring (bicyclic) bond motifs is 3. The van der Waals surface area contributed by atoms with E-state index >= 15 is 13.2 Å². The molecule has 5 fully saturated rings. The minimum Gasteiger partial charge on any atom is -0.341 e. The van der Waals surface area contributed by atoms with Crippen molar-refractivity contribution in [2.45, 2.75) is 88.3 Å². The maximum absolute atomic E-state index is 16.1. The van der Waals surface area contributed by atoms with E-state index in [1.807, 2.05) is 10.9 Å². The summed E-state index contributed by atoms with van der Waals surface area (Å²) in [6, 6.07) is 6.80. The molecule has 4 aliphatic heterocycles. The minimum absolute atomic E-state index is 0.0151. The quantitative estimate of drug-likeness (QED) is 0.158. The molecule has 7 heterocycles. The van der Waals surface area contributed by atoms with Crippen molar-refractivity contribution in [2.75, 3.05) is 49.5 Å². The van der Waals surface area contributed by atoms with Crippen LogP contribution in [0.15, 0.2) is 54.3 Å². The number of alkyl halides is 2. The lowest BCUT2D eigenvalue weighted by atomic mass is 9.85. The number of halogens is 3. The Morgan fingerprint density at radius 1 is 0.985 bits per heavy atom. The molecule has 3 saturated heterocycles. The number of likely N-dealkylation sites (tertiary alicyclic amines) is 2. The van der Waals surface area contributed by atoms with E-state index in [9.17, 15) is 24.0 Å². The molecule has 11 rings (SSSR count). The van der Waals surface area contributed by atoms with Gasteiger partial charge in [-0.3, -0.25) is 43.7 Å². The van der Waals surface area contributed by atoms with Gasteiger partial charge in [0.1, 0.15) is 11.9 Å². The van der Waals surface area contributed by atoms with E-state index in [1.165, 1.54) is 27.2 Å². The standard InChI is InChI=1S/C48H52F3N11O5S/c1-57-39-21-28(6-8-34(39)43(56-57)60-17-12-40(63)54-47(60)67)37-11-14-58(26-48(37,50)51)25-41(64)59-15-9-31(10-16-59)62-23-30(22-53-62)29-19-35-36(38(49)20-29)24-61(45(35)66)42(44(65)55-46-52-13-18-68-46)33-7-5-27-3-2-4-32(27)33/h6,8,13,18-23,27,31-33,37,42H,2-5,7,9-12,14-17,24-26H2,1H3,(H,52,55,65)(H,54,63,67). The molecule has 5 aromatic rings. The summed E-state index contributed by atoms with van der Waals surface area (Å²) in [6.45, 7) is 0.653. The highest BCUT2D eigenvalue weighted by Crippen LogP contribution is 2.51. The molecule has 20 heteroatoms. The van der Waals surface area contributed by atoms with Gasteiger partial charge in [0.2, 0.25) is 17.7 Å². The van der Waals surface area contributed by atoms with E-state index in [0.717, 1.165) is 32.1 Å². The topological polar surface area (TPSA) is 171 Å². The van der Waals surface area contributed by atoms with Crippen LogP contribution in [0.3, 0.4) is 0 Å². The molecule has 356 valence electrons. The first-order valence-corrected chi connectivity index (χ1v) is 24.5. The fraction of sp³-hybridized carbons (Fsp3) is 0.500. The molecule has 2 aliphatic carbocycles. The molecule has 0 bridgehead atoms. The molecule has 6 amide bonds. The first-order chi connectivity index (χ1) is 32.8. The lowest BCUT2D eigenvalue weighted by molar-refractivity contribution is -0.137. The van der Waals surface area contributed by atoms with Crippen molar-refractivity contribution >= 4 is 62.8 Å². The van der Waals surface area contributed by atoms with Crippen molar-refractivity contribution in [1.82, 2.24) is 44.6 Å². The second-order valence-electron chi connectivity index (χ2n) is 19.4. The normalized spacial score (nSPS) is 24.7. The first kappa shape index (κ1) is 44.4. The van der Waals surface area contributed by atoms with Gasteiger partial charge in [0.05, 0.1) is 43.3 Å². The molecule has 5 unspecified atom stereocenters. The number of aromatic nitrogens is 5. The Bertz CT molecular complexity index is 2820. The Kier molecular flexibility index (Phi) is 11.4. The average Bonchev–Trinajstić information content (AvgIpc) is 4.19. The lowest BCUT2D eigenvalue weighted by Crippen LogP contribution is -2.51. The van der Waals surface area contributed by atoms with Gasteiger partial charge in [-0.15, -0.1) is 11.3 Å². The number of hydrogen-bond donors (Lipinski definition) is 2. The first-order valence-electron chi connectivity index (χ1n) is 23.6. The molecule has 5 atom stereocenters. The Hall–Kier alpha value is -6.15. The van der Waals surface area contributed by atoms with Gasteiger partial charge < -0.3 is 15.1 Å². The monoisotopic (exact) mass is 951 g/mol. The third kappa shape index (κ3) is 8.01. The van der Waals surface area contributed by atoms with E-state index in [1.54, 1.807) is 63.6 Å². The third-order valence-electron chi connectivity index (χ3n) is 15.6. The number of benzene rings is 2. The number of nitrogens with one attached hydrogen (secondary N) is 2. The summed E-state index contributed by atoms with van der Waals surface area (Å²) < 4.78 is 51.3. The highest BCUT2D eigenvalue weighted by atomic mass is 32.1. The van der Waals surface area contributed by atoms with Crippen LogP contribution in [0.2, 0.25) is 0 Å². The molecule has 3 aromatic heterocycles. The van der Waals surface area contributed by atoms with Crippen LogP contribution in [-0.4, -0.2) is 120 Å². The van der Waals surface area contributed by atoms with Crippen molar-refractivity contribution in [3.05, 3.63) is 76.8 Å². The van der Waals surface area contributed by atoms with Gasteiger partial charge in [-0.25, -0.2) is 22.9 Å². The Balaban J connectivity index is 0.708. The smallest absolute Gasteiger partial charge is 0.329 e. The number of hydrogen-bond acceptors (Lipinski definition) is 10. The van der Waals surface area contributed by atoms with E-state index < -0.39 is 36.3 Å². The molecule has 0 spiro atoms. The number of imide groups is 1. The largest absolute Gasteiger partial charge is 0.341 e. The summed E-state index contributed by atoms with van der Waals surface area (Å²) in [5, 5.41) is 17.2. The van der Waals surface area contributed by atoms with Gasteiger partial charge in [-0.05, 0) is 98.2 Å². The molecule has 16 nitrogen and oxygen atoms in total. The van der Waals surface area contributed by atoms with E-state index in [4.69, 9.17) is 0 Å². The Morgan fingerprint density at radius 3 is 2.60 bits per heavy atom. The SMILES string of the molecule is Cn1nc(N2CCC(=O)NC2=O)c2ccc(C3CCN(CC(=O)N4CCC(n5cc(-c6cc(F)c7c(c6)C(=O)N(C(C(=O)Nc6nccs6)C6CCC8CCCC86)C7)cn5)CC4)CC3(F)F)cc21. The number of carbonyl (C=O) groups excluding carboxylic acids is 5. The van der Waals surface area contributed by atoms with Crippen LogP contribution >= 0.6 is 11.3 Å². The zero-order valence-electron chi connectivity index (χ0n) is 37.6. The highest BCUT2D eigenvalue weighted by molar-refractivity contribution is 7.13. The molecule has 2 saturated carbocycles. The maximum Gasteiger partial charge on any atom is 0.329 e. The summed E-state index contributed by atoms with van der Waals surface area (Å²) in [5.74, 6) is -4.68. The number of carbonyl (C=O) groups is 5. The summed E-state index contributed by atoms with van der Waals surface area (Å²) in [4.78, 5) is 76.4. The zero-order chi connectivity index (χ0) is 47.0. The molecular weight excluding hydrogens is 900 g/mol. The average molecular weight is 952 g/mol. The zero-order valence-corrected chi connectivity index (χ0v) is 38.4. The van der Waals surface area contributed by atoms with Crippen molar-refractivity contribution in [1.29, 1.82) is 0 Å². The van der Waals surface area contributed by atoms with Crippen molar-refractivity contribution in [2.24, 2.45) is 24.8 Å². The molecule has 68 heavy (non-hydrogen) atoms. The number of urea groups is 1. The number of rotatable bonds is 10. The van der Waals surface area contributed by atoms with Gasteiger partial charge in [0, 0.05) is 73.0 Å². The third-order valence-corrected chi connectivity index (χ3v) is 16.2. The van der Waals surface area contributed by atoms with Crippen LogP contribution in [-0.2, 0) is 28.0 Å². The van der Waals surface area contributed by atoms with Crippen LogP contribution in [0.1, 0.15) is 91.2 Å². The van der Waals surface area contributed by atoms with Crippen molar-refractivity contribution in [3.8, 4) is 11.1 Å². The Morgan fingerprint density at radius 2 is 1.82 bits per heavy atom. The molecule has 6 aliphatic rings. The molecule has 0 radical (unpaired) electrons. The van der Waals surface area contributed by atoms with E-state index in [-0.39, 0.29) is 79.2 Å². The summed E-state index contributed by atoms with van der Waals surface area (Å²) >= 11 is 1.32. The second kappa shape index (κ2) is 17.4. The van der Waals surface area contributed by atoms with E-state index in [2.05, 4.69) is 25.8 Å². The van der Waals surface area contributed by atoms with Gasteiger partial charge in [-0.2, -0.15) is 10.2 Å². The molecule has 2 aromatic carbocycles. The van der Waals surface area contributed by atoms with Crippen LogP contribution in [0, 0.1) is 23.6 Å². The number of nitrogens with zero attached hydrogens (tertiary/aromatic N) is 9. The van der Waals surface area contributed by atoms with Crippen LogP contribution in [0.25, 0.3) is 22.0 Å². The Labute approximate surface area is 393 Å². The van der Waals surface area contributed by atoms with Gasteiger partial charge in [-0.1, -0.05) is 18.9 Å². The summed E-state index contributed by atoms with van der Waals surface area (Å²) in [6.07, 6.45) is 11.7. The van der Waals surface area contributed by atoms with E-state index in [0.29, 0.717) is 82.9 Å². The number of aryl methyl sites for hydroxylation is 1. The van der Waals surface area contributed by atoms with Crippen LogP contribution in [0.4, 0.5) is 28.9 Å². The number of piperidine rings is 2. The predicted octanol–water partition coefficient (Wildman–Crippen LogP) is 6.56. The predicted molar refractivity (Wildman–Crippen MR) is 245 cm³/mol. The van der Waals surface area contributed by atoms with Gasteiger partial charge in [0.15, 0.2) is 10.9 Å². The fourth-order valence-electron chi connectivity index (χ4n) is 12.2.